The normalized spacial score (nSPS) is 16.9. The predicted molar refractivity (Wildman–Crippen MR) is 137 cm³/mol. The molecule has 0 fully saturated rings. The Hall–Kier alpha value is -3.10. The van der Waals surface area contributed by atoms with Crippen LogP contribution in [0.15, 0.2) is 17.5 Å². The second-order valence-corrected chi connectivity index (χ2v) is 10.5. The molecule has 3 aromatic heterocycles. The number of rotatable bonds is 7. The Morgan fingerprint density at radius 3 is 2.53 bits per heavy atom. The quantitative estimate of drug-likeness (QED) is 0.314. The summed E-state index contributed by atoms with van der Waals surface area (Å²) < 4.78 is 52.8. The molecule has 3 aromatic rings. The topological polar surface area (TPSA) is 112 Å². The van der Waals surface area contributed by atoms with Crippen LogP contribution in [0.4, 0.5) is 24.0 Å². The molecule has 0 aliphatic carbocycles. The molecule has 4 heterocycles. The monoisotopic (exact) mass is 590 g/mol. The number of hydrogen-bond donors (Lipinski definition) is 2. The maximum Gasteiger partial charge on any atom is 0.410 e. The second kappa shape index (κ2) is 10.9. The van der Waals surface area contributed by atoms with E-state index in [4.69, 9.17) is 21.1 Å². The zero-order valence-corrected chi connectivity index (χ0v) is 22.7. The Morgan fingerprint density at radius 2 is 1.92 bits per heavy atom. The van der Waals surface area contributed by atoms with Crippen LogP contribution in [0, 0.1) is 6.92 Å². The zero-order valence-electron chi connectivity index (χ0n) is 20.3. The molecule has 38 heavy (non-hydrogen) atoms. The minimum Gasteiger partial charge on any atom is -0.462 e. The van der Waals surface area contributed by atoms with E-state index in [1.165, 1.54) is 18.3 Å². The lowest BCUT2D eigenvalue weighted by Gasteiger charge is -2.32. The van der Waals surface area contributed by atoms with Gasteiger partial charge in [-0.2, -0.15) is 18.3 Å². The molecule has 4 rings (SSSR count). The molecule has 1 aliphatic rings. The van der Waals surface area contributed by atoms with E-state index in [1.54, 1.807) is 31.4 Å². The fraction of sp³-hybridized carbons (Fsp3) is 0.391. The largest absolute Gasteiger partial charge is 0.462 e. The van der Waals surface area contributed by atoms with Crippen LogP contribution in [0.5, 0.6) is 0 Å². The SMILES string of the molecule is CCOC(=O)c1sc(NC(=O)c2nn3c(c2Cl)N[C@@H](c2cccs2)C[C@@H]3C(F)(F)F)c(C(=O)OCC)c1C. The molecule has 0 aromatic carbocycles. The van der Waals surface area contributed by atoms with E-state index in [1.807, 2.05) is 0 Å². The fourth-order valence-corrected chi connectivity index (χ4v) is 6.15. The first-order valence-electron chi connectivity index (χ1n) is 11.4. The first kappa shape index (κ1) is 27.9. The number of halogens is 4. The smallest absolute Gasteiger partial charge is 0.410 e. The van der Waals surface area contributed by atoms with E-state index in [2.05, 4.69) is 15.7 Å². The molecule has 1 amide bonds. The summed E-state index contributed by atoms with van der Waals surface area (Å²) in [6.45, 7) is 4.82. The van der Waals surface area contributed by atoms with E-state index in [9.17, 15) is 27.6 Å². The third kappa shape index (κ3) is 5.24. The minimum atomic E-state index is -4.66. The van der Waals surface area contributed by atoms with Crippen molar-refractivity contribution in [2.45, 2.75) is 45.5 Å². The highest BCUT2D eigenvalue weighted by atomic mass is 35.5. The van der Waals surface area contributed by atoms with Crippen LogP contribution >= 0.6 is 34.3 Å². The predicted octanol–water partition coefficient (Wildman–Crippen LogP) is 6.23. The fourth-order valence-electron chi connectivity index (χ4n) is 4.01. The molecule has 9 nitrogen and oxygen atoms in total. The van der Waals surface area contributed by atoms with Crippen LogP contribution in [0.2, 0.25) is 5.02 Å². The molecule has 15 heteroatoms. The number of fused-ring (bicyclic) bond motifs is 1. The number of ether oxygens (including phenoxy) is 2. The molecule has 0 spiro atoms. The number of amides is 1. The van der Waals surface area contributed by atoms with Crippen molar-refractivity contribution < 1.29 is 37.0 Å². The number of hydrogen-bond acceptors (Lipinski definition) is 9. The van der Waals surface area contributed by atoms with E-state index in [0.717, 1.165) is 11.3 Å². The number of anilines is 2. The average molecular weight is 591 g/mol. The number of carbonyl (C=O) groups excluding carboxylic acids is 3. The summed E-state index contributed by atoms with van der Waals surface area (Å²) in [5, 5.41) is 10.7. The van der Waals surface area contributed by atoms with Gasteiger partial charge in [0.25, 0.3) is 5.91 Å². The van der Waals surface area contributed by atoms with E-state index in [-0.39, 0.29) is 51.5 Å². The highest BCUT2D eigenvalue weighted by Gasteiger charge is 2.48. The molecule has 1 aliphatic heterocycles. The standard InChI is InChI=1S/C23H22ClF3N4O5S2/c1-4-35-21(33)14-10(3)17(22(34)36-5-2)38-20(14)29-19(32)16-15(24)18-28-11(12-7-6-8-37-12)9-13(23(25,26)27)31(18)30-16/h6-8,11,13,28H,4-5,9H2,1-3H3,(H,29,32)/t11-,13-/m1/s1. The molecule has 0 radical (unpaired) electrons. The molecular formula is C23H22ClF3N4O5S2. The summed E-state index contributed by atoms with van der Waals surface area (Å²) in [5.41, 5.74) is -0.318. The van der Waals surface area contributed by atoms with Gasteiger partial charge >= 0.3 is 18.1 Å². The Labute approximate surface area is 227 Å². The number of aromatic nitrogens is 2. The number of carbonyl (C=O) groups is 3. The lowest BCUT2D eigenvalue weighted by Crippen LogP contribution is -2.35. The number of nitrogens with zero attached hydrogens (tertiary/aromatic N) is 2. The molecule has 0 saturated heterocycles. The van der Waals surface area contributed by atoms with Crippen LogP contribution < -0.4 is 10.6 Å². The van der Waals surface area contributed by atoms with Crippen molar-refractivity contribution in [3.63, 3.8) is 0 Å². The molecule has 0 saturated carbocycles. The first-order valence-corrected chi connectivity index (χ1v) is 13.5. The summed E-state index contributed by atoms with van der Waals surface area (Å²) in [7, 11) is 0. The van der Waals surface area contributed by atoms with Crippen molar-refractivity contribution in [2.24, 2.45) is 0 Å². The van der Waals surface area contributed by atoms with Gasteiger partial charge in [-0.3, -0.25) is 4.79 Å². The Bertz CT molecular complexity index is 1370. The first-order chi connectivity index (χ1) is 18.0. The summed E-state index contributed by atoms with van der Waals surface area (Å²) >= 11 is 8.46. The molecule has 204 valence electrons. The number of alkyl halides is 3. The lowest BCUT2D eigenvalue weighted by atomic mass is 10.0. The maximum atomic E-state index is 14.0. The summed E-state index contributed by atoms with van der Waals surface area (Å²) in [5.74, 6) is -2.60. The van der Waals surface area contributed by atoms with Crippen LogP contribution in [0.1, 0.15) is 73.3 Å². The van der Waals surface area contributed by atoms with Crippen molar-refractivity contribution in [3.05, 3.63) is 49.1 Å². The van der Waals surface area contributed by atoms with Gasteiger partial charge in [-0.25, -0.2) is 14.3 Å². The molecule has 0 bridgehead atoms. The highest BCUT2D eigenvalue weighted by molar-refractivity contribution is 7.18. The van der Waals surface area contributed by atoms with Gasteiger partial charge in [0.05, 0.1) is 24.8 Å². The van der Waals surface area contributed by atoms with Gasteiger partial charge in [0.15, 0.2) is 11.7 Å². The van der Waals surface area contributed by atoms with Gasteiger partial charge in [-0.15, -0.1) is 22.7 Å². The average Bonchev–Trinajstić information content (AvgIpc) is 3.57. The molecule has 2 N–H and O–H groups in total. The van der Waals surface area contributed by atoms with Crippen LogP contribution in [0.3, 0.4) is 0 Å². The highest BCUT2D eigenvalue weighted by Crippen LogP contribution is 2.47. The zero-order chi connectivity index (χ0) is 27.8. The van der Waals surface area contributed by atoms with Crippen molar-refractivity contribution in [3.8, 4) is 0 Å². The van der Waals surface area contributed by atoms with Crippen molar-refractivity contribution in [1.82, 2.24) is 9.78 Å². The Morgan fingerprint density at radius 1 is 1.24 bits per heavy atom. The number of nitrogens with one attached hydrogen (secondary N) is 2. The number of thiophene rings is 2. The van der Waals surface area contributed by atoms with Crippen LogP contribution in [-0.2, 0) is 9.47 Å². The Kier molecular flexibility index (Phi) is 8.04. The number of esters is 2. The van der Waals surface area contributed by atoms with E-state index >= 15 is 0 Å². The third-order valence-corrected chi connectivity index (χ3v) is 8.24. The van der Waals surface area contributed by atoms with Crippen molar-refractivity contribution in [2.75, 3.05) is 23.8 Å². The van der Waals surface area contributed by atoms with E-state index < -0.39 is 41.8 Å². The van der Waals surface area contributed by atoms with Crippen LogP contribution in [0.25, 0.3) is 0 Å². The minimum absolute atomic E-state index is 0.0335. The second-order valence-electron chi connectivity index (χ2n) is 8.12. The maximum absolute atomic E-state index is 14.0. The summed E-state index contributed by atoms with van der Waals surface area (Å²) in [4.78, 5) is 39.0. The molecular weight excluding hydrogens is 569 g/mol. The van der Waals surface area contributed by atoms with Crippen molar-refractivity contribution >= 4 is 62.9 Å². The van der Waals surface area contributed by atoms with E-state index in [0.29, 0.717) is 9.56 Å². The van der Waals surface area contributed by atoms with Crippen molar-refractivity contribution in [1.29, 1.82) is 0 Å². The summed E-state index contributed by atoms with van der Waals surface area (Å²) in [6, 6.07) is 0.715. The van der Waals surface area contributed by atoms with Crippen LogP contribution in [-0.4, -0.2) is 47.0 Å². The summed E-state index contributed by atoms with van der Waals surface area (Å²) in [6.07, 6.45) is -5.01. The Balaban J connectivity index is 1.72. The third-order valence-electron chi connectivity index (χ3n) is 5.71. The van der Waals surface area contributed by atoms with Gasteiger partial charge in [0.2, 0.25) is 0 Å². The van der Waals surface area contributed by atoms with Gasteiger partial charge in [0, 0.05) is 11.3 Å². The van der Waals surface area contributed by atoms with Gasteiger partial charge in [0.1, 0.15) is 20.7 Å². The van der Waals surface area contributed by atoms with Gasteiger partial charge in [-0.1, -0.05) is 17.7 Å². The lowest BCUT2D eigenvalue weighted by molar-refractivity contribution is -0.173. The molecule has 2 atom stereocenters. The molecule has 0 unspecified atom stereocenters. The van der Waals surface area contributed by atoms with Gasteiger partial charge in [-0.05, 0) is 37.8 Å². The van der Waals surface area contributed by atoms with Gasteiger partial charge < -0.3 is 20.1 Å².